The van der Waals surface area contributed by atoms with Gasteiger partial charge in [-0.2, -0.15) is 0 Å². The van der Waals surface area contributed by atoms with E-state index in [2.05, 4.69) is 0 Å². The van der Waals surface area contributed by atoms with Crippen LogP contribution in [0.15, 0.2) is 18.2 Å². The average Bonchev–Trinajstić information content (AvgIpc) is 2.89. The number of ether oxygens (including phenoxy) is 3. The van der Waals surface area contributed by atoms with Gasteiger partial charge in [0.1, 0.15) is 18.7 Å². The van der Waals surface area contributed by atoms with E-state index in [1.807, 2.05) is 0 Å². The summed E-state index contributed by atoms with van der Waals surface area (Å²) in [6, 6.07) is 3.18. The molecular weight excluding hydrogens is 257 g/mol. The third-order valence-corrected chi connectivity index (χ3v) is 3.38. The van der Waals surface area contributed by atoms with Gasteiger partial charge >= 0.3 is 5.69 Å². The molecule has 0 bridgehead atoms. The largest absolute Gasteiger partial charge is 0.483 e. The number of nitro benzene ring substituents is 1. The van der Waals surface area contributed by atoms with Crippen LogP contribution in [0.25, 0.3) is 0 Å². The number of hydrogen-bond donors (Lipinski definition) is 0. The fraction of sp³-hybridized carbons (Fsp3) is 0.500. The van der Waals surface area contributed by atoms with Crippen LogP contribution in [0.5, 0.6) is 5.75 Å². The maximum absolute atomic E-state index is 13.2. The lowest BCUT2D eigenvalue weighted by atomic mass is 10.2. The van der Waals surface area contributed by atoms with Gasteiger partial charge in [0.05, 0.1) is 17.1 Å². The van der Waals surface area contributed by atoms with Crippen molar-refractivity contribution in [1.29, 1.82) is 0 Å². The van der Waals surface area contributed by atoms with Gasteiger partial charge in [0, 0.05) is 25.0 Å². The van der Waals surface area contributed by atoms with Gasteiger partial charge in [-0.1, -0.05) is 0 Å². The summed E-state index contributed by atoms with van der Waals surface area (Å²) in [5.41, 5.74) is -0.236. The molecule has 3 atom stereocenters. The van der Waals surface area contributed by atoms with Gasteiger partial charge in [0.2, 0.25) is 0 Å². The molecule has 1 saturated carbocycles. The highest BCUT2D eigenvalue weighted by Gasteiger charge is 2.41. The van der Waals surface area contributed by atoms with Crippen LogP contribution in [0, 0.1) is 15.9 Å². The molecule has 0 radical (unpaired) electrons. The van der Waals surface area contributed by atoms with E-state index in [9.17, 15) is 14.5 Å². The lowest BCUT2D eigenvalue weighted by Crippen LogP contribution is -2.15. The van der Waals surface area contributed by atoms with Crippen molar-refractivity contribution < 1.29 is 23.5 Å². The van der Waals surface area contributed by atoms with Gasteiger partial charge < -0.3 is 14.2 Å². The first kappa shape index (κ1) is 12.3. The Morgan fingerprint density at radius 2 is 2.00 bits per heavy atom. The maximum atomic E-state index is 13.2. The summed E-state index contributed by atoms with van der Waals surface area (Å²) in [6.45, 7) is 0.280. The SMILES string of the molecule is O=[N+]([O-])c1ccc(F)cc1O[C@@H]1C[C@@H]2OCO[C@@H]2C1. The van der Waals surface area contributed by atoms with E-state index in [1.54, 1.807) is 0 Å². The van der Waals surface area contributed by atoms with Gasteiger partial charge in [0.25, 0.3) is 0 Å². The van der Waals surface area contributed by atoms with E-state index >= 15 is 0 Å². The smallest absolute Gasteiger partial charge is 0.311 e. The number of hydrogen-bond acceptors (Lipinski definition) is 5. The molecule has 1 aromatic rings. The van der Waals surface area contributed by atoms with Gasteiger partial charge in [-0.25, -0.2) is 4.39 Å². The second-order valence-electron chi connectivity index (χ2n) is 4.61. The van der Waals surface area contributed by atoms with Crippen molar-refractivity contribution in [2.45, 2.75) is 31.2 Å². The first-order valence-corrected chi connectivity index (χ1v) is 5.97. The van der Waals surface area contributed by atoms with Crippen molar-refractivity contribution in [1.82, 2.24) is 0 Å². The molecule has 1 aromatic carbocycles. The minimum absolute atomic E-state index is 0.0300. The van der Waals surface area contributed by atoms with Crippen molar-refractivity contribution in [3.05, 3.63) is 34.1 Å². The predicted octanol–water partition coefficient (Wildman–Crippen LogP) is 2.02. The standard InChI is InChI=1S/C12H12FNO5/c13-7-1-2-9(14(15)16)10(3-7)19-8-4-11-12(5-8)18-6-17-11/h1-3,8,11-12H,4-6H2/t8-,11+,12-. The van der Waals surface area contributed by atoms with Crippen LogP contribution in [0.3, 0.4) is 0 Å². The second kappa shape index (κ2) is 4.75. The van der Waals surface area contributed by atoms with Crippen molar-refractivity contribution in [3.63, 3.8) is 0 Å². The number of rotatable bonds is 3. The van der Waals surface area contributed by atoms with E-state index in [-0.39, 0.29) is 36.5 Å². The summed E-state index contributed by atoms with van der Waals surface area (Å²) in [7, 11) is 0. The van der Waals surface area contributed by atoms with Crippen LogP contribution in [0.1, 0.15) is 12.8 Å². The third kappa shape index (κ3) is 2.39. The maximum Gasteiger partial charge on any atom is 0.311 e. The van der Waals surface area contributed by atoms with Crippen molar-refractivity contribution in [2.24, 2.45) is 0 Å². The number of benzene rings is 1. The summed E-state index contributed by atoms with van der Waals surface area (Å²) in [5, 5.41) is 10.9. The molecule has 0 aromatic heterocycles. The Morgan fingerprint density at radius 1 is 1.32 bits per heavy atom. The molecule has 7 heteroatoms. The van der Waals surface area contributed by atoms with Crippen molar-refractivity contribution in [2.75, 3.05) is 6.79 Å². The van der Waals surface area contributed by atoms with Crippen LogP contribution >= 0.6 is 0 Å². The Labute approximate surface area is 108 Å². The minimum atomic E-state index is -0.586. The van der Waals surface area contributed by atoms with E-state index in [1.165, 1.54) is 0 Å². The van der Waals surface area contributed by atoms with Crippen LogP contribution in [-0.4, -0.2) is 30.0 Å². The summed E-state index contributed by atoms with van der Waals surface area (Å²) >= 11 is 0. The third-order valence-electron chi connectivity index (χ3n) is 3.38. The van der Waals surface area contributed by atoms with Crippen LogP contribution in [0.2, 0.25) is 0 Å². The highest BCUT2D eigenvalue weighted by Crippen LogP contribution is 2.35. The fourth-order valence-electron chi connectivity index (χ4n) is 2.49. The van der Waals surface area contributed by atoms with Gasteiger partial charge in [0.15, 0.2) is 5.75 Å². The summed E-state index contributed by atoms with van der Waals surface area (Å²) in [4.78, 5) is 10.3. The zero-order valence-corrected chi connectivity index (χ0v) is 9.95. The highest BCUT2D eigenvalue weighted by atomic mass is 19.1. The molecule has 0 N–H and O–H groups in total. The zero-order valence-electron chi connectivity index (χ0n) is 9.95. The molecule has 0 spiro atoms. The molecule has 1 saturated heterocycles. The lowest BCUT2D eigenvalue weighted by Gasteiger charge is -2.14. The fourth-order valence-corrected chi connectivity index (χ4v) is 2.49. The second-order valence-corrected chi connectivity index (χ2v) is 4.61. The van der Waals surface area contributed by atoms with Gasteiger partial charge in [-0.05, 0) is 6.07 Å². The topological polar surface area (TPSA) is 70.8 Å². The van der Waals surface area contributed by atoms with Crippen LogP contribution in [-0.2, 0) is 9.47 Å². The summed E-state index contributed by atoms with van der Waals surface area (Å²) in [5.74, 6) is -0.610. The molecule has 19 heavy (non-hydrogen) atoms. The van der Waals surface area contributed by atoms with Gasteiger partial charge in [-0.3, -0.25) is 10.1 Å². The predicted molar refractivity (Wildman–Crippen MR) is 61.3 cm³/mol. The summed E-state index contributed by atoms with van der Waals surface area (Å²) < 4.78 is 29.4. The Hall–Kier alpha value is -1.73. The monoisotopic (exact) mass is 269 g/mol. The zero-order chi connectivity index (χ0) is 13.4. The first-order valence-electron chi connectivity index (χ1n) is 5.97. The van der Waals surface area contributed by atoms with E-state index in [0.717, 1.165) is 18.2 Å². The highest BCUT2D eigenvalue weighted by molar-refractivity contribution is 5.46. The van der Waals surface area contributed by atoms with E-state index < -0.39 is 10.7 Å². The van der Waals surface area contributed by atoms with Gasteiger partial charge in [-0.15, -0.1) is 0 Å². The van der Waals surface area contributed by atoms with E-state index in [0.29, 0.717) is 12.8 Å². The molecule has 0 amide bonds. The quantitative estimate of drug-likeness (QED) is 0.620. The number of fused-ring (bicyclic) bond motifs is 1. The Morgan fingerprint density at radius 3 is 2.63 bits per heavy atom. The Balaban J connectivity index is 1.76. The van der Waals surface area contributed by atoms with Crippen LogP contribution < -0.4 is 4.74 Å². The normalized spacial score (nSPS) is 29.2. The number of nitro groups is 1. The molecule has 2 fully saturated rings. The molecule has 1 heterocycles. The molecule has 1 aliphatic carbocycles. The molecular formula is C12H12FNO5. The van der Waals surface area contributed by atoms with E-state index in [4.69, 9.17) is 14.2 Å². The van der Waals surface area contributed by atoms with Crippen LogP contribution in [0.4, 0.5) is 10.1 Å². The number of halogens is 1. The van der Waals surface area contributed by atoms with Crippen molar-refractivity contribution in [3.8, 4) is 5.75 Å². The Bertz CT molecular complexity index is 497. The first-order chi connectivity index (χ1) is 9.13. The number of nitrogens with zero attached hydrogens (tertiary/aromatic N) is 1. The summed E-state index contributed by atoms with van der Waals surface area (Å²) in [6.07, 6.45) is 0.877. The molecule has 6 nitrogen and oxygen atoms in total. The average molecular weight is 269 g/mol. The minimum Gasteiger partial charge on any atom is -0.483 e. The molecule has 1 aliphatic heterocycles. The Kier molecular flexibility index (Phi) is 3.08. The molecule has 3 rings (SSSR count). The molecule has 102 valence electrons. The lowest BCUT2D eigenvalue weighted by molar-refractivity contribution is -0.386. The van der Waals surface area contributed by atoms with Crippen molar-refractivity contribution >= 4 is 5.69 Å². The molecule has 0 unspecified atom stereocenters. The molecule has 2 aliphatic rings.